The Kier molecular flexibility index (Phi) is 4.51. The maximum absolute atomic E-state index is 12.4. The number of aromatic nitrogens is 5. The minimum absolute atomic E-state index is 0.0321. The molecule has 3 heterocycles. The molecule has 138 valence electrons. The Hall–Kier alpha value is -3.33. The number of rotatable bonds is 4. The summed E-state index contributed by atoms with van der Waals surface area (Å²) in [6.07, 6.45) is 3.61. The second-order valence-electron chi connectivity index (χ2n) is 6.26. The lowest BCUT2D eigenvalue weighted by Gasteiger charge is -2.18. The van der Waals surface area contributed by atoms with E-state index in [0.717, 1.165) is 0 Å². The van der Waals surface area contributed by atoms with E-state index in [4.69, 9.17) is 9.47 Å². The van der Waals surface area contributed by atoms with Crippen LogP contribution in [0.5, 0.6) is 0 Å². The van der Waals surface area contributed by atoms with Crippen molar-refractivity contribution in [1.29, 1.82) is 0 Å². The Labute approximate surface area is 154 Å². The van der Waals surface area contributed by atoms with Gasteiger partial charge < -0.3 is 9.47 Å². The molecule has 0 spiro atoms. The van der Waals surface area contributed by atoms with Crippen molar-refractivity contribution >= 4 is 5.97 Å². The molecule has 1 fully saturated rings. The number of esters is 1. The molecule has 3 atom stereocenters. The molecular formula is C18H17N5O4. The Bertz CT molecular complexity index is 986. The fourth-order valence-electron chi connectivity index (χ4n) is 2.99. The van der Waals surface area contributed by atoms with Crippen LogP contribution in [0.1, 0.15) is 29.9 Å². The van der Waals surface area contributed by atoms with Crippen molar-refractivity contribution in [2.75, 3.05) is 0 Å². The summed E-state index contributed by atoms with van der Waals surface area (Å²) in [6.45, 7) is 1.93. The van der Waals surface area contributed by atoms with Gasteiger partial charge in [0.2, 0.25) is 6.29 Å². The molecule has 0 aliphatic carbocycles. The standard InChI is InChI=1S/C18H17N5O4/c1-12-9-15(27-17(24)13-5-3-2-4-6-13)26-16(12)22-8-7-14(21-18(22)25)23-11-19-10-20-23/h2-8,10-12,15-16H,9H2,1H3/t12-,15+,16+/m0/s1. The number of nitrogens with zero attached hydrogens (tertiary/aromatic N) is 5. The van der Waals surface area contributed by atoms with Gasteiger partial charge in [0.25, 0.3) is 0 Å². The van der Waals surface area contributed by atoms with E-state index in [1.54, 1.807) is 36.5 Å². The Morgan fingerprint density at radius 2 is 2.07 bits per heavy atom. The predicted octanol–water partition coefficient (Wildman–Crippen LogP) is 1.56. The van der Waals surface area contributed by atoms with Crippen LogP contribution in [0.3, 0.4) is 0 Å². The van der Waals surface area contributed by atoms with Crippen molar-refractivity contribution < 1.29 is 14.3 Å². The first-order valence-electron chi connectivity index (χ1n) is 8.47. The summed E-state index contributed by atoms with van der Waals surface area (Å²) < 4.78 is 14.0. The van der Waals surface area contributed by atoms with Gasteiger partial charge in [-0.3, -0.25) is 4.57 Å². The molecule has 0 amide bonds. The summed E-state index contributed by atoms with van der Waals surface area (Å²) >= 11 is 0. The quantitative estimate of drug-likeness (QED) is 0.645. The number of carbonyl (C=O) groups is 1. The predicted molar refractivity (Wildman–Crippen MR) is 93.0 cm³/mol. The lowest BCUT2D eigenvalue weighted by molar-refractivity contribution is -0.124. The van der Waals surface area contributed by atoms with Crippen LogP contribution in [-0.4, -0.2) is 36.6 Å². The summed E-state index contributed by atoms with van der Waals surface area (Å²) in [4.78, 5) is 32.5. The molecule has 0 N–H and O–H groups in total. The maximum Gasteiger partial charge on any atom is 0.351 e. The van der Waals surface area contributed by atoms with E-state index >= 15 is 0 Å². The van der Waals surface area contributed by atoms with Gasteiger partial charge in [-0.25, -0.2) is 19.3 Å². The molecule has 9 nitrogen and oxygen atoms in total. The number of hydrogen-bond donors (Lipinski definition) is 0. The molecule has 1 aromatic carbocycles. The smallest absolute Gasteiger partial charge is 0.351 e. The van der Waals surface area contributed by atoms with Crippen LogP contribution >= 0.6 is 0 Å². The highest BCUT2D eigenvalue weighted by molar-refractivity contribution is 5.89. The minimum atomic E-state index is -0.723. The third kappa shape index (κ3) is 3.49. The van der Waals surface area contributed by atoms with E-state index in [1.165, 1.54) is 21.9 Å². The summed E-state index contributed by atoms with van der Waals surface area (Å²) in [5.41, 5.74) is -0.0249. The third-order valence-corrected chi connectivity index (χ3v) is 4.33. The molecule has 4 rings (SSSR count). The molecule has 0 radical (unpaired) electrons. The molecule has 2 aromatic heterocycles. The molecule has 3 aromatic rings. The van der Waals surface area contributed by atoms with E-state index in [0.29, 0.717) is 17.8 Å². The molecule has 0 unspecified atom stereocenters. The lowest BCUT2D eigenvalue weighted by atomic mass is 10.1. The molecule has 0 saturated carbocycles. The van der Waals surface area contributed by atoms with Gasteiger partial charge in [0, 0.05) is 18.5 Å². The van der Waals surface area contributed by atoms with Gasteiger partial charge in [-0.05, 0) is 18.2 Å². The third-order valence-electron chi connectivity index (χ3n) is 4.33. The highest BCUT2D eigenvalue weighted by Gasteiger charge is 2.36. The molecule has 0 bridgehead atoms. The van der Waals surface area contributed by atoms with Gasteiger partial charge in [0.1, 0.15) is 18.9 Å². The lowest BCUT2D eigenvalue weighted by Crippen LogP contribution is -2.30. The first-order valence-corrected chi connectivity index (χ1v) is 8.47. The van der Waals surface area contributed by atoms with Crippen molar-refractivity contribution in [1.82, 2.24) is 24.3 Å². The van der Waals surface area contributed by atoms with E-state index < -0.39 is 24.2 Å². The van der Waals surface area contributed by atoms with E-state index in [-0.39, 0.29) is 5.92 Å². The SMILES string of the molecule is C[C@H]1C[C@@H](OC(=O)c2ccccc2)O[C@H]1n1ccc(-n2cncn2)nc1=O. The molecule has 1 saturated heterocycles. The van der Waals surface area contributed by atoms with Crippen LogP contribution in [-0.2, 0) is 9.47 Å². The van der Waals surface area contributed by atoms with Crippen LogP contribution in [0.15, 0.2) is 60.0 Å². The number of benzene rings is 1. The van der Waals surface area contributed by atoms with Crippen molar-refractivity contribution in [2.24, 2.45) is 5.92 Å². The van der Waals surface area contributed by atoms with Gasteiger partial charge in [0.15, 0.2) is 5.82 Å². The fraction of sp³-hybridized carbons (Fsp3) is 0.278. The zero-order chi connectivity index (χ0) is 18.8. The first kappa shape index (κ1) is 17.1. The first-order chi connectivity index (χ1) is 13.1. The van der Waals surface area contributed by atoms with Crippen LogP contribution in [0.4, 0.5) is 0 Å². The monoisotopic (exact) mass is 367 g/mol. The number of carbonyl (C=O) groups excluding carboxylic acids is 1. The maximum atomic E-state index is 12.4. The highest BCUT2D eigenvalue weighted by Crippen LogP contribution is 2.34. The average Bonchev–Trinajstić information content (AvgIpc) is 3.32. The van der Waals surface area contributed by atoms with Gasteiger partial charge >= 0.3 is 11.7 Å². The Balaban J connectivity index is 1.49. The molecule has 1 aliphatic rings. The van der Waals surface area contributed by atoms with Crippen molar-refractivity contribution in [3.8, 4) is 5.82 Å². The minimum Gasteiger partial charge on any atom is -0.432 e. The summed E-state index contributed by atoms with van der Waals surface area (Å²) in [5.74, 6) is -0.123. The van der Waals surface area contributed by atoms with Crippen LogP contribution < -0.4 is 5.69 Å². The number of hydrogen-bond acceptors (Lipinski definition) is 7. The van der Waals surface area contributed by atoms with E-state index in [9.17, 15) is 9.59 Å². The van der Waals surface area contributed by atoms with Gasteiger partial charge in [-0.1, -0.05) is 25.1 Å². The Morgan fingerprint density at radius 1 is 1.26 bits per heavy atom. The van der Waals surface area contributed by atoms with Crippen molar-refractivity contribution in [2.45, 2.75) is 25.9 Å². The van der Waals surface area contributed by atoms with Crippen LogP contribution in [0.25, 0.3) is 5.82 Å². The summed E-state index contributed by atoms with van der Waals surface area (Å²) in [5, 5.41) is 3.95. The fourth-order valence-corrected chi connectivity index (χ4v) is 2.99. The van der Waals surface area contributed by atoms with Crippen LogP contribution in [0, 0.1) is 5.92 Å². The van der Waals surface area contributed by atoms with Gasteiger partial charge in [-0.2, -0.15) is 10.1 Å². The van der Waals surface area contributed by atoms with Crippen molar-refractivity contribution in [3.05, 3.63) is 71.3 Å². The largest absolute Gasteiger partial charge is 0.432 e. The summed E-state index contributed by atoms with van der Waals surface area (Å²) in [6, 6.07) is 10.3. The van der Waals surface area contributed by atoms with Crippen LogP contribution in [0.2, 0.25) is 0 Å². The topological polar surface area (TPSA) is 101 Å². The van der Waals surface area contributed by atoms with Gasteiger partial charge in [-0.15, -0.1) is 0 Å². The second kappa shape index (κ2) is 7.12. The molecule has 1 aliphatic heterocycles. The summed E-state index contributed by atoms with van der Waals surface area (Å²) in [7, 11) is 0. The molecular weight excluding hydrogens is 350 g/mol. The molecule has 27 heavy (non-hydrogen) atoms. The average molecular weight is 367 g/mol. The second-order valence-corrected chi connectivity index (χ2v) is 6.26. The zero-order valence-corrected chi connectivity index (χ0v) is 14.5. The van der Waals surface area contributed by atoms with Crippen molar-refractivity contribution in [3.63, 3.8) is 0 Å². The highest BCUT2D eigenvalue weighted by atomic mass is 16.7. The zero-order valence-electron chi connectivity index (χ0n) is 14.5. The van der Waals surface area contributed by atoms with E-state index in [2.05, 4.69) is 15.1 Å². The normalized spacial score (nSPS) is 21.9. The van der Waals surface area contributed by atoms with E-state index in [1.807, 2.05) is 13.0 Å². The van der Waals surface area contributed by atoms with Gasteiger partial charge in [0.05, 0.1) is 5.56 Å². The number of ether oxygens (including phenoxy) is 2. The Morgan fingerprint density at radius 3 is 2.78 bits per heavy atom. The molecule has 9 heteroatoms.